The molecule has 5 heteroatoms. The van der Waals surface area contributed by atoms with Gasteiger partial charge in [0.15, 0.2) is 0 Å². The first kappa shape index (κ1) is 24.8. The molecule has 5 nitrogen and oxygen atoms in total. The number of allylic oxidation sites excluding steroid dienone is 7. The van der Waals surface area contributed by atoms with Crippen molar-refractivity contribution in [3.8, 4) is 0 Å². The van der Waals surface area contributed by atoms with Crippen LogP contribution in [0.3, 0.4) is 0 Å². The van der Waals surface area contributed by atoms with Crippen molar-refractivity contribution < 1.29 is 25.2 Å². The van der Waals surface area contributed by atoms with Gasteiger partial charge < -0.3 is 20.4 Å². The van der Waals surface area contributed by atoms with Crippen molar-refractivity contribution in [1.82, 2.24) is 0 Å². The summed E-state index contributed by atoms with van der Waals surface area (Å²) in [6.45, 7) is 2.04. The smallest absolute Gasteiger partial charge is 0.303 e. The van der Waals surface area contributed by atoms with Crippen LogP contribution in [0.25, 0.3) is 0 Å². The predicted octanol–water partition coefficient (Wildman–Crippen LogP) is 3.46. The summed E-state index contributed by atoms with van der Waals surface area (Å²) < 4.78 is 0. The van der Waals surface area contributed by atoms with Gasteiger partial charge in [-0.1, -0.05) is 79.8 Å². The van der Waals surface area contributed by atoms with E-state index in [1.165, 1.54) is 6.08 Å². The predicted molar refractivity (Wildman–Crippen MR) is 109 cm³/mol. The Kier molecular flexibility index (Phi) is 15.8. The molecular weight excluding hydrogens is 344 g/mol. The standard InChI is InChI=1S/C22H32O5/c1-2-3-7-12-19(23)14-10-6-11-15-20(24)13-8-4-5-9-16-21(25)17-18-22(26)27/h3-11,13-14,16,19-21,23-25H,2,12,15,17-18H2,1H3,(H,26,27)/b5-4+,7-3-,11-6-,13-8+,14-10+,16-9+/t19-,20?,21-/m1/s1. The van der Waals surface area contributed by atoms with Crippen LogP contribution in [0, 0.1) is 0 Å². The summed E-state index contributed by atoms with van der Waals surface area (Å²) in [5, 5.41) is 37.5. The zero-order valence-corrected chi connectivity index (χ0v) is 15.9. The summed E-state index contributed by atoms with van der Waals surface area (Å²) in [7, 11) is 0. The minimum Gasteiger partial charge on any atom is -0.481 e. The van der Waals surface area contributed by atoms with Crippen molar-refractivity contribution in [3.05, 3.63) is 72.9 Å². The molecule has 3 atom stereocenters. The Morgan fingerprint density at radius 1 is 0.741 bits per heavy atom. The molecule has 0 radical (unpaired) electrons. The van der Waals surface area contributed by atoms with Gasteiger partial charge in [-0.05, 0) is 25.7 Å². The van der Waals surface area contributed by atoms with E-state index in [1.54, 1.807) is 48.6 Å². The summed E-state index contributed by atoms with van der Waals surface area (Å²) in [6, 6.07) is 0. The van der Waals surface area contributed by atoms with Crippen LogP contribution in [0.15, 0.2) is 72.9 Å². The van der Waals surface area contributed by atoms with Crippen LogP contribution < -0.4 is 0 Å². The highest BCUT2D eigenvalue weighted by Crippen LogP contribution is 2.00. The highest BCUT2D eigenvalue weighted by Gasteiger charge is 2.02. The van der Waals surface area contributed by atoms with E-state index in [0.717, 1.165) is 6.42 Å². The largest absolute Gasteiger partial charge is 0.481 e. The van der Waals surface area contributed by atoms with E-state index in [9.17, 15) is 20.1 Å². The Bertz CT molecular complexity index is 555. The Hall–Kier alpha value is -2.21. The number of aliphatic hydroxyl groups excluding tert-OH is 3. The highest BCUT2D eigenvalue weighted by atomic mass is 16.4. The van der Waals surface area contributed by atoms with Gasteiger partial charge in [-0.15, -0.1) is 0 Å². The fraction of sp³-hybridized carbons (Fsp3) is 0.409. The minimum atomic E-state index is -0.931. The van der Waals surface area contributed by atoms with Crippen LogP contribution in [0.2, 0.25) is 0 Å². The Morgan fingerprint density at radius 3 is 1.81 bits per heavy atom. The lowest BCUT2D eigenvalue weighted by atomic mass is 10.2. The molecular formula is C22H32O5. The SMILES string of the molecule is CC/C=C\C[C@@H](O)/C=C/C=C\CC(O)/C=C/C=C/C=C/[C@@H](O)CCC(=O)O. The topological polar surface area (TPSA) is 98.0 Å². The van der Waals surface area contributed by atoms with Gasteiger partial charge in [-0.2, -0.15) is 0 Å². The number of aliphatic hydroxyl groups is 3. The van der Waals surface area contributed by atoms with Crippen molar-refractivity contribution >= 4 is 5.97 Å². The zero-order chi connectivity index (χ0) is 20.3. The number of carboxylic acids is 1. The zero-order valence-electron chi connectivity index (χ0n) is 15.9. The van der Waals surface area contributed by atoms with Gasteiger partial charge in [0.05, 0.1) is 18.3 Å². The van der Waals surface area contributed by atoms with Gasteiger partial charge in [-0.25, -0.2) is 0 Å². The highest BCUT2D eigenvalue weighted by molar-refractivity contribution is 5.66. The Morgan fingerprint density at radius 2 is 1.26 bits per heavy atom. The van der Waals surface area contributed by atoms with Crippen LogP contribution in [0.4, 0.5) is 0 Å². The molecule has 150 valence electrons. The molecule has 0 spiro atoms. The van der Waals surface area contributed by atoms with Crippen LogP contribution in [-0.2, 0) is 4.79 Å². The number of carboxylic acid groups (broad SMARTS) is 1. The number of aliphatic carboxylic acids is 1. The molecule has 4 N–H and O–H groups in total. The summed E-state index contributed by atoms with van der Waals surface area (Å²) in [6.07, 6.45) is 21.2. The van der Waals surface area contributed by atoms with Crippen molar-refractivity contribution in [2.45, 2.75) is 57.3 Å². The Labute approximate surface area is 162 Å². The third-order valence-corrected chi connectivity index (χ3v) is 3.39. The molecule has 0 rings (SSSR count). The van der Waals surface area contributed by atoms with E-state index in [2.05, 4.69) is 0 Å². The maximum Gasteiger partial charge on any atom is 0.303 e. The average molecular weight is 376 g/mol. The van der Waals surface area contributed by atoms with Crippen LogP contribution >= 0.6 is 0 Å². The second-order valence-corrected chi connectivity index (χ2v) is 5.95. The lowest BCUT2D eigenvalue weighted by Gasteiger charge is -2.00. The monoisotopic (exact) mass is 376 g/mol. The maximum atomic E-state index is 10.4. The molecule has 0 fully saturated rings. The van der Waals surface area contributed by atoms with E-state index in [-0.39, 0.29) is 12.8 Å². The van der Waals surface area contributed by atoms with Crippen molar-refractivity contribution in [3.63, 3.8) is 0 Å². The molecule has 0 saturated carbocycles. The van der Waals surface area contributed by atoms with Crippen molar-refractivity contribution in [2.24, 2.45) is 0 Å². The molecule has 27 heavy (non-hydrogen) atoms. The van der Waals surface area contributed by atoms with Crippen molar-refractivity contribution in [2.75, 3.05) is 0 Å². The quantitative estimate of drug-likeness (QED) is 0.275. The van der Waals surface area contributed by atoms with Gasteiger partial charge in [-0.3, -0.25) is 4.79 Å². The number of hydrogen-bond acceptors (Lipinski definition) is 4. The molecule has 0 saturated heterocycles. The van der Waals surface area contributed by atoms with Gasteiger partial charge >= 0.3 is 5.97 Å². The van der Waals surface area contributed by atoms with Crippen molar-refractivity contribution in [1.29, 1.82) is 0 Å². The van der Waals surface area contributed by atoms with Gasteiger partial charge in [0.2, 0.25) is 0 Å². The minimum absolute atomic E-state index is 0.0705. The van der Waals surface area contributed by atoms with Crippen LogP contribution in [-0.4, -0.2) is 44.7 Å². The van der Waals surface area contributed by atoms with E-state index in [0.29, 0.717) is 12.8 Å². The van der Waals surface area contributed by atoms with E-state index in [1.807, 2.05) is 25.2 Å². The maximum absolute atomic E-state index is 10.4. The van der Waals surface area contributed by atoms with Gasteiger partial charge in [0.25, 0.3) is 0 Å². The molecule has 0 aromatic rings. The first-order chi connectivity index (χ1) is 13.0. The van der Waals surface area contributed by atoms with E-state index >= 15 is 0 Å². The number of carbonyl (C=O) groups is 1. The fourth-order valence-electron chi connectivity index (χ4n) is 1.93. The summed E-state index contributed by atoms with van der Waals surface area (Å²) in [5.74, 6) is -0.931. The molecule has 0 amide bonds. The molecule has 0 aliphatic heterocycles. The van der Waals surface area contributed by atoms with Crippen LogP contribution in [0.5, 0.6) is 0 Å². The van der Waals surface area contributed by atoms with Gasteiger partial charge in [0.1, 0.15) is 0 Å². The average Bonchev–Trinajstić information content (AvgIpc) is 2.62. The van der Waals surface area contributed by atoms with Crippen LogP contribution in [0.1, 0.15) is 39.0 Å². The molecule has 0 bridgehead atoms. The second-order valence-electron chi connectivity index (χ2n) is 5.95. The molecule has 1 unspecified atom stereocenters. The summed E-state index contributed by atoms with van der Waals surface area (Å²) >= 11 is 0. The number of hydrogen-bond donors (Lipinski definition) is 4. The first-order valence-electron chi connectivity index (χ1n) is 9.21. The normalized spacial score (nSPS) is 16.6. The molecule has 0 aromatic carbocycles. The van der Waals surface area contributed by atoms with E-state index < -0.39 is 24.3 Å². The summed E-state index contributed by atoms with van der Waals surface area (Å²) in [4.78, 5) is 10.4. The molecule has 0 aromatic heterocycles. The van der Waals surface area contributed by atoms with E-state index in [4.69, 9.17) is 5.11 Å². The molecule has 0 heterocycles. The van der Waals surface area contributed by atoms with Gasteiger partial charge in [0, 0.05) is 6.42 Å². The lowest BCUT2D eigenvalue weighted by molar-refractivity contribution is -0.137. The Balaban J connectivity index is 4.01. The third kappa shape index (κ3) is 18.4. The molecule has 0 aliphatic carbocycles. The first-order valence-corrected chi connectivity index (χ1v) is 9.21. The number of rotatable bonds is 14. The lowest BCUT2D eigenvalue weighted by Crippen LogP contribution is -2.05. The third-order valence-electron chi connectivity index (χ3n) is 3.39. The molecule has 0 aliphatic rings. The second kappa shape index (κ2) is 17.2. The fourth-order valence-corrected chi connectivity index (χ4v) is 1.93. The summed E-state index contributed by atoms with van der Waals surface area (Å²) in [5.41, 5.74) is 0.